The number of esters is 1. The highest BCUT2D eigenvalue weighted by atomic mass is 16.6. The van der Waals surface area contributed by atoms with Crippen LogP contribution in [0.3, 0.4) is 0 Å². The molecule has 2 aromatic carbocycles. The number of ether oxygens (including phenoxy) is 4. The van der Waals surface area contributed by atoms with Gasteiger partial charge in [-0.3, -0.25) is 9.59 Å². The summed E-state index contributed by atoms with van der Waals surface area (Å²) in [6.45, 7) is 0.664. The summed E-state index contributed by atoms with van der Waals surface area (Å²) >= 11 is 0. The van der Waals surface area contributed by atoms with Gasteiger partial charge in [0, 0.05) is 17.7 Å². The van der Waals surface area contributed by atoms with Crippen LogP contribution in [0, 0.1) is 5.41 Å². The predicted molar refractivity (Wildman–Crippen MR) is 131 cm³/mol. The van der Waals surface area contributed by atoms with Crippen molar-refractivity contribution in [1.82, 2.24) is 5.32 Å². The van der Waals surface area contributed by atoms with E-state index in [1.165, 1.54) is 12.8 Å². The van der Waals surface area contributed by atoms with Gasteiger partial charge in [0.2, 0.25) is 5.75 Å². The van der Waals surface area contributed by atoms with Crippen molar-refractivity contribution in [3.63, 3.8) is 0 Å². The SMILES string of the molecule is COc1ccc(-c2cccc3c2CNC3=O)c(OCC2(C(=O)OC3CCCCCC3)CC2)c1OC. The average Bonchev–Trinajstić information content (AvgIpc) is 3.64. The molecule has 7 heteroatoms. The van der Waals surface area contributed by atoms with E-state index in [1.54, 1.807) is 14.2 Å². The lowest BCUT2D eigenvalue weighted by molar-refractivity contribution is -0.157. The Morgan fingerprint density at radius 1 is 0.943 bits per heavy atom. The van der Waals surface area contributed by atoms with Crippen LogP contribution in [-0.2, 0) is 16.1 Å². The third kappa shape index (κ3) is 4.56. The third-order valence-electron chi connectivity index (χ3n) is 7.49. The lowest BCUT2D eigenvalue weighted by atomic mass is 9.95. The number of hydrogen-bond donors (Lipinski definition) is 1. The fourth-order valence-electron chi connectivity index (χ4n) is 5.16. The minimum absolute atomic E-state index is 0.0151. The first-order valence-electron chi connectivity index (χ1n) is 12.6. The summed E-state index contributed by atoms with van der Waals surface area (Å²) in [7, 11) is 3.15. The molecular weight excluding hydrogens is 446 g/mol. The molecule has 5 rings (SSSR count). The molecule has 1 heterocycles. The second-order valence-electron chi connectivity index (χ2n) is 9.78. The molecule has 0 saturated heterocycles. The minimum atomic E-state index is -0.617. The second kappa shape index (κ2) is 9.80. The molecule has 2 aliphatic carbocycles. The van der Waals surface area contributed by atoms with Crippen LogP contribution in [0.4, 0.5) is 0 Å². The van der Waals surface area contributed by atoms with Crippen LogP contribution in [-0.4, -0.2) is 38.8 Å². The van der Waals surface area contributed by atoms with E-state index in [4.69, 9.17) is 18.9 Å². The maximum absolute atomic E-state index is 13.1. The van der Waals surface area contributed by atoms with Crippen LogP contribution < -0.4 is 19.5 Å². The zero-order valence-corrected chi connectivity index (χ0v) is 20.5. The van der Waals surface area contributed by atoms with E-state index in [0.717, 1.165) is 55.2 Å². The summed E-state index contributed by atoms with van der Waals surface area (Å²) in [4.78, 5) is 25.4. The zero-order chi connectivity index (χ0) is 24.4. The standard InChI is InChI=1S/C28H33NO6/c1-32-23-13-12-20(19-10-7-11-21-22(19)16-29-26(21)30)24(25(23)33-2)34-17-28(14-15-28)27(31)35-18-8-5-3-4-6-9-18/h7,10-13,18H,3-6,8-9,14-17H2,1-2H3,(H,29,30). The van der Waals surface area contributed by atoms with Gasteiger partial charge in [-0.1, -0.05) is 25.0 Å². The maximum atomic E-state index is 13.1. The van der Waals surface area contributed by atoms with Gasteiger partial charge in [-0.05, 0) is 67.9 Å². The first kappa shape index (κ1) is 23.5. The first-order chi connectivity index (χ1) is 17.1. The van der Waals surface area contributed by atoms with Crippen molar-refractivity contribution in [3.8, 4) is 28.4 Å². The molecule has 1 amide bonds. The molecule has 2 saturated carbocycles. The normalized spacial score (nSPS) is 18.7. The van der Waals surface area contributed by atoms with Gasteiger partial charge in [-0.25, -0.2) is 0 Å². The predicted octanol–water partition coefficient (Wildman–Crippen LogP) is 5.04. The molecule has 0 bridgehead atoms. The number of methoxy groups -OCH3 is 2. The highest BCUT2D eigenvalue weighted by molar-refractivity contribution is 6.01. The number of benzene rings is 2. The molecule has 0 radical (unpaired) electrons. The van der Waals surface area contributed by atoms with Crippen LogP contribution in [0.5, 0.6) is 17.2 Å². The van der Waals surface area contributed by atoms with E-state index >= 15 is 0 Å². The smallest absolute Gasteiger partial charge is 0.315 e. The van der Waals surface area contributed by atoms with Gasteiger partial charge in [-0.2, -0.15) is 0 Å². The second-order valence-corrected chi connectivity index (χ2v) is 9.78. The lowest BCUT2D eigenvalue weighted by Gasteiger charge is -2.23. The van der Waals surface area contributed by atoms with Crippen molar-refractivity contribution >= 4 is 11.9 Å². The number of amides is 1. The quantitative estimate of drug-likeness (QED) is 0.422. The molecule has 2 aromatic rings. The largest absolute Gasteiger partial charge is 0.493 e. The molecule has 0 atom stereocenters. The molecule has 1 aliphatic heterocycles. The molecule has 186 valence electrons. The van der Waals surface area contributed by atoms with E-state index in [0.29, 0.717) is 29.4 Å². The fraction of sp³-hybridized carbons (Fsp3) is 0.500. The fourth-order valence-corrected chi connectivity index (χ4v) is 5.16. The van der Waals surface area contributed by atoms with E-state index in [-0.39, 0.29) is 24.6 Å². The number of nitrogens with one attached hydrogen (secondary N) is 1. The number of fused-ring (bicyclic) bond motifs is 1. The molecule has 2 fully saturated rings. The van der Waals surface area contributed by atoms with Gasteiger partial charge in [0.1, 0.15) is 18.1 Å². The van der Waals surface area contributed by atoms with Gasteiger partial charge in [0.15, 0.2) is 11.5 Å². The zero-order valence-electron chi connectivity index (χ0n) is 20.5. The first-order valence-corrected chi connectivity index (χ1v) is 12.6. The van der Waals surface area contributed by atoms with Gasteiger partial charge >= 0.3 is 5.97 Å². The number of hydrogen-bond acceptors (Lipinski definition) is 6. The van der Waals surface area contributed by atoms with Crippen LogP contribution in [0.15, 0.2) is 30.3 Å². The van der Waals surface area contributed by atoms with Gasteiger partial charge < -0.3 is 24.3 Å². The molecule has 35 heavy (non-hydrogen) atoms. The number of carbonyl (C=O) groups is 2. The van der Waals surface area contributed by atoms with E-state index in [9.17, 15) is 9.59 Å². The number of rotatable bonds is 8. The van der Waals surface area contributed by atoms with Crippen molar-refractivity contribution in [2.24, 2.45) is 5.41 Å². The summed E-state index contributed by atoms with van der Waals surface area (Å²) in [6.07, 6.45) is 8.07. The summed E-state index contributed by atoms with van der Waals surface area (Å²) in [5.74, 6) is 1.28. The number of carbonyl (C=O) groups excluding carboxylic acids is 2. The highest BCUT2D eigenvalue weighted by Crippen LogP contribution is 2.51. The Bertz CT molecular complexity index is 1110. The van der Waals surface area contributed by atoms with Crippen LogP contribution in [0.25, 0.3) is 11.1 Å². The highest BCUT2D eigenvalue weighted by Gasteiger charge is 2.53. The van der Waals surface area contributed by atoms with Crippen LogP contribution in [0.1, 0.15) is 67.3 Å². The minimum Gasteiger partial charge on any atom is -0.493 e. The molecule has 7 nitrogen and oxygen atoms in total. The topological polar surface area (TPSA) is 83.1 Å². The molecule has 1 N–H and O–H groups in total. The Hall–Kier alpha value is -3.22. The van der Waals surface area contributed by atoms with E-state index < -0.39 is 5.41 Å². The Kier molecular flexibility index (Phi) is 6.58. The summed E-state index contributed by atoms with van der Waals surface area (Å²) in [5.41, 5.74) is 2.65. The van der Waals surface area contributed by atoms with E-state index in [1.807, 2.05) is 30.3 Å². The monoisotopic (exact) mass is 479 g/mol. The Balaban J connectivity index is 1.43. The summed E-state index contributed by atoms with van der Waals surface area (Å²) in [6, 6.07) is 9.41. The Morgan fingerprint density at radius 2 is 1.69 bits per heavy atom. The summed E-state index contributed by atoms with van der Waals surface area (Å²) < 4.78 is 23.6. The van der Waals surface area contributed by atoms with Gasteiger partial charge in [-0.15, -0.1) is 0 Å². The van der Waals surface area contributed by atoms with Crippen molar-refractivity contribution in [2.45, 2.75) is 64.0 Å². The average molecular weight is 480 g/mol. The van der Waals surface area contributed by atoms with Crippen LogP contribution >= 0.6 is 0 Å². The van der Waals surface area contributed by atoms with Crippen molar-refractivity contribution < 1.29 is 28.5 Å². The summed E-state index contributed by atoms with van der Waals surface area (Å²) in [5, 5.41) is 2.89. The van der Waals surface area contributed by atoms with Gasteiger partial charge in [0.05, 0.1) is 14.2 Å². The molecule has 0 aromatic heterocycles. The molecule has 3 aliphatic rings. The molecule has 0 unspecified atom stereocenters. The Morgan fingerprint density at radius 3 is 2.37 bits per heavy atom. The third-order valence-corrected chi connectivity index (χ3v) is 7.49. The van der Waals surface area contributed by atoms with Gasteiger partial charge in [0.25, 0.3) is 5.91 Å². The van der Waals surface area contributed by atoms with Crippen molar-refractivity contribution in [3.05, 3.63) is 41.5 Å². The van der Waals surface area contributed by atoms with Crippen molar-refractivity contribution in [2.75, 3.05) is 20.8 Å². The maximum Gasteiger partial charge on any atom is 0.315 e. The molecular formula is C28H33NO6. The Labute approximate surface area is 206 Å². The van der Waals surface area contributed by atoms with Crippen molar-refractivity contribution in [1.29, 1.82) is 0 Å². The van der Waals surface area contributed by atoms with Crippen LogP contribution in [0.2, 0.25) is 0 Å². The molecule has 0 spiro atoms. The van der Waals surface area contributed by atoms with E-state index in [2.05, 4.69) is 5.32 Å². The lowest BCUT2D eigenvalue weighted by Crippen LogP contribution is -2.29.